The van der Waals surface area contributed by atoms with Gasteiger partial charge >= 0.3 is 0 Å². The minimum absolute atomic E-state index is 0.616. The Morgan fingerprint density at radius 1 is 1.20 bits per heavy atom. The third-order valence-electron chi connectivity index (χ3n) is 2.08. The van der Waals surface area contributed by atoms with E-state index in [0.29, 0.717) is 5.02 Å². The zero-order chi connectivity index (χ0) is 10.8. The van der Waals surface area contributed by atoms with Crippen molar-refractivity contribution in [2.45, 2.75) is 6.10 Å². The van der Waals surface area contributed by atoms with Crippen molar-refractivity contribution in [3.63, 3.8) is 0 Å². The average Bonchev–Trinajstić information content (AvgIpc) is 2.65. The molecule has 1 nitrogen and oxygen atoms in total. The summed E-state index contributed by atoms with van der Waals surface area (Å²) in [7, 11) is 0. The average molecular weight is 351 g/mol. The summed E-state index contributed by atoms with van der Waals surface area (Å²) in [5.41, 5.74) is 0.875. The molecule has 4 heteroatoms. The molecule has 1 heterocycles. The minimum atomic E-state index is -0.616. The monoisotopic (exact) mass is 350 g/mol. The maximum atomic E-state index is 10.1. The number of benzene rings is 1. The van der Waals surface area contributed by atoms with Gasteiger partial charge in [-0.1, -0.05) is 23.7 Å². The standard InChI is InChI=1S/C11H8ClIOS/c12-9-5-6-15-11(9)10(14)7-1-3-8(13)4-2-7/h1-6,10,14H. The molecule has 1 aromatic carbocycles. The van der Waals surface area contributed by atoms with Crippen molar-refractivity contribution < 1.29 is 5.11 Å². The third kappa shape index (κ3) is 2.53. The molecule has 0 saturated heterocycles. The minimum Gasteiger partial charge on any atom is -0.383 e. The molecule has 0 amide bonds. The van der Waals surface area contributed by atoms with Crippen molar-refractivity contribution in [1.82, 2.24) is 0 Å². The number of aliphatic hydroxyl groups is 1. The van der Waals surface area contributed by atoms with Crippen LogP contribution in [-0.4, -0.2) is 5.11 Å². The molecule has 0 aliphatic carbocycles. The van der Waals surface area contributed by atoms with E-state index in [1.54, 1.807) is 6.07 Å². The van der Waals surface area contributed by atoms with Gasteiger partial charge in [0.1, 0.15) is 6.10 Å². The lowest BCUT2D eigenvalue weighted by Crippen LogP contribution is -1.97. The third-order valence-corrected chi connectivity index (χ3v) is 4.21. The van der Waals surface area contributed by atoms with Gasteiger partial charge in [0, 0.05) is 3.57 Å². The Kier molecular flexibility index (Phi) is 3.66. The number of aliphatic hydroxyl groups excluding tert-OH is 1. The smallest absolute Gasteiger partial charge is 0.115 e. The van der Waals surface area contributed by atoms with E-state index in [-0.39, 0.29) is 0 Å². The van der Waals surface area contributed by atoms with Gasteiger partial charge < -0.3 is 5.11 Å². The van der Waals surface area contributed by atoms with E-state index in [9.17, 15) is 5.11 Å². The molecule has 0 fully saturated rings. The highest BCUT2D eigenvalue weighted by Gasteiger charge is 2.14. The number of hydrogen-bond acceptors (Lipinski definition) is 2. The number of hydrogen-bond donors (Lipinski definition) is 1. The molecule has 2 rings (SSSR count). The molecule has 15 heavy (non-hydrogen) atoms. The van der Waals surface area contributed by atoms with E-state index in [0.717, 1.165) is 14.0 Å². The van der Waals surface area contributed by atoms with Crippen LogP contribution in [0, 0.1) is 3.57 Å². The second-order valence-electron chi connectivity index (χ2n) is 3.09. The normalized spacial score (nSPS) is 12.7. The molecule has 0 spiro atoms. The predicted molar refractivity (Wildman–Crippen MR) is 72.5 cm³/mol. The summed E-state index contributed by atoms with van der Waals surface area (Å²) in [5.74, 6) is 0. The number of rotatable bonds is 2. The molecule has 1 aromatic heterocycles. The first-order chi connectivity index (χ1) is 7.18. The van der Waals surface area contributed by atoms with Gasteiger partial charge in [-0.15, -0.1) is 11.3 Å². The molecule has 0 bridgehead atoms. The van der Waals surface area contributed by atoms with Crippen LogP contribution < -0.4 is 0 Å². The lowest BCUT2D eigenvalue weighted by molar-refractivity contribution is 0.224. The van der Waals surface area contributed by atoms with Crippen LogP contribution in [0.1, 0.15) is 16.5 Å². The van der Waals surface area contributed by atoms with Gasteiger partial charge in [-0.3, -0.25) is 0 Å². The molecule has 0 saturated carbocycles. The van der Waals surface area contributed by atoms with Crippen molar-refractivity contribution >= 4 is 45.5 Å². The molecule has 0 aliphatic heterocycles. The summed E-state index contributed by atoms with van der Waals surface area (Å²) in [4.78, 5) is 0.804. The van der Waals surface area contributed by atoms with Crippen LogP contribution in [0.4, 0.5) is 0 Å². The maximum Gasteiger partial charge on any atom is 0.115 e. The zero-order valence-electron chi connectivity index (χ0n) is 7.65. The van der Waals surface area contributed by atoms with E-state index in [2.05, 4.69) is 22.6 Å². The quantitative estimate of drug-likeness (QED) is 0.809. The highest BCUT2D eigenvalue weighted by atomic mass is 127. The van der Waals surface area contributed by atoms with Crippen LogP contribution >= 0.6 is 45.5 Å². The highest BCUT2D eigenvalue weighted by Crippen LogP contribution is 2.32. The summed E-state index contributed by atoms with van der Waals surface area (Å²) in [6.07, 6.45) is -0.616. The van der Waals surface area contributed by atoms with Gasteiger partial charge in [0.25, 0.3) is 0 Å². The van der Waals surface area contributed by atoms with Gasteiger partial charge in [-0.05, 0) is 51.7 Å². The lowest BCUT2D eigenvalue weighted by Gasteiger charge is -2.09. The fourth-order valence-corrected chi connectivity index (χ4v) is 2.83. The van der Waals surface area contributed by atoms with Gasteiger partial charge in [-0.2, -0.15) is 0 Å². The summed E-state index contributed by atoms with van der Waals surface area (Å²) in [5, 5.41) is 12.6. The van der Waals surface area contributed by atoms with Crippen LogP contribution in [0.3, 0.4) is 0 Å². The van der Waals surface area contributed by atoms with Gasteiger partial charge in [-0.25, -0.2) is 0 Å². The Labute approximate surface area is 111 Å². The lowest BCUT2D eigenvalue weighted by atomic mass is 10.1. The first-order valence-corrected chi connectivity index (χ1v) is 6.68. The first-order valence-electron chi connectivity index (χ1n) is 4.35. The summed E-state index contributed by atoms with van der Waals surface area (Å²) in [6, 6.07) is 9.59. The molecular formula is C11H8ClIOS. The van der Waals surface area contributed by atoms with Crippen molar-refractivity contribution in [3.8, 4) is 0 Å². The molecule has 1 unspecified atom stereocenters. The molecule has 0 aliphatic rings. The zero-order valence-corrected chi connectivity index (χ0v) is 11.4. The Bertz CT molecular complexity index is 452. The van der Waals surface area contributed by atoms with Crippen LogP contribution in [0.5, 0.6) is 0 Å². The molecule has 1 atom stereocenters. The largest absolute Gasteiger partial charge is 0.383 e. The van der Waals surface area contributed by atoms with Crippen LogP contribution in [0.2, 0.25) is 5.02 Å². The predicted octanol–water partition coefficient (Wildman–Crippen LogP) is 4.09. The van der Waals surface area contributed by atoms with Crippen molar-refractivity contribution in [2.24, 2.45) is 0 Å². The Balaban J connectivity index is 2.32. The van der Waals surface area contributed by atoms with E-state index in [1.807, 2.05) is 29.6 Å². The number of thiophene rings is 1. The maximum absolute atomic E-state index is 10.1. The molecule has 78 valence electrons. The van der Waals surface area contributed by atoms with Crippen LogP contribution in [0.25, 0.3) is 0 Å². The molecular weight excluding hydrogens is 343 g/mol. The Hall–Kier alpha value is -0.100. The van der Waals surface area contributed by atoms with Gasteiger partial charge in [0.2, 0.25) is 0 Å². The van der Waals surface area contributed by atoms with Crippen LogP contribution in [-0.2, 0) is 0 Å². The number of halogens is 2. The Morgan fingerprint density at radius 3 is 2.40 bits per heavy atom. The van der Waals surface area contributed by atoms with Gasteiger partial charge in [0.05, 0.1) is 9.90 Å². The van der Waals surface area contributed by atoms with E-state index >= 15 is 0 Å². The van der Waals surface area contributed by atoms with Gasteiger partial charge in [0.15, 0.2) is 0 Å². The van der Waals surface area contributed by atoms with Crippen molar-refractivity contribution in [1.29, 1.82) is 0 Å². The van der Waals surface area contributed by atoms with E-state index in [1.165, 1.54) is 11.3 Å². The molecule has 1 N–H and O–H groups in total. The second-order valence-corrected chi connectivity index (χ2v) is 5.69. The first kappa shape index (κ1) is 11.4. The molecule has 0 radical (unpaired) electrons. The van der Waals surface area contributed by atoms with E-state index in [4.69, 9.17) is 11.6 Å². The fraction of sp³-hybridized carbons (Fsp3) is 0.0909. The summed E-state index contributed by atoms with van der Waals surface area (Å²) in [6.45, 7) is 0. The highest BCUT2D eigenvalue weighted by molar-refractivity contribution is 14.1. The summed E-state index contributed by atoms with van der Waals surface area (Å²) >= 11 is 9.67. The van der Waals surface area contributed by atoms with E-state index < -0.39 is 6.10 Å². The Morgan fingerprint density at radius 2 is 1.87 bits per heavy atom. The summed E-state index contributed by atoms with van der Waals surface area (Å²) < 4.78 is 1.15. The van der Waals surface area contributed by atoms with Crippen molar-refractivity contribution in [3.05, 3.63) is 54.7 Å². The van der Waals surface area contributed by atoms with Crippen LogP contribution in [0.15, 0.2) is 35.7 Å². The fourth-order valence-electron chi connectivity index (χ4n) is 1.30. The topological polar surface area (TPSA) is 20.2 Å². The molecule has 2 aromatic rings. The van der Waals surface area contributed by atoms with Crippen molar-refractivity contribution in [2.75, 3.05) is 0 Å². The SMILES string of the molecule is OC(c1ccc(I)cc1)c1sccc1Cl. The second kappa shape index (κ2) is 4.82.